The van der Waals surface area contributed by atoms with Gasteiger partial charge in [-0.05, 0) is 44.1 Å². The van der Waals surface area contributed by atoms with E-state index >= 15 is 0 Å². The first-order valence-corrected chi connectivity index (χ1v) is 11.9. The molecule has 1 amide bonds. The van der Waals surface area contributed by atoms with Gasteiger partial charge in [0.1, 0.15) is 5.82 Å². The Kier molecular flexibility index (Phi) is 6.18. The molecule has 0 aliphatic heterocycles. The summed E-state index contributed by atoms with van der Waals surface area (Å²) in [7, 11) is 0. The molecule has 2 saturated carbocycles. The highest BCUT2D eigenvalue weighted by molar-refractivity contribution is 8.00. The van der Waals surface area contributed by atoms with Gasteiger partial charge in [-0.2, -0.15) is 0 Å². The van der Waals surface area contributed by atoms with Crippen LogP contribution in [0.1, 0.15) is 75.0 Å². The second-order valence-corrected chi connectivity index (χ2v) is 10.1. The highest BCUT2D eigenvalue weighted by Crippen LogP contribution is 2.40. The Morgan fingerprint density at radius 3 is 2.70 bits per heavy atom. The topological polar surface area (TPSA) is 59.8 Å². The summed E-state index contributed by atoms with van der Waals surface area (Å²) >= 11 is 3.31. The average Bonchev–Trinajstić information content (AvgIpc) is 3.32. The molecule has 2 aromatic rings. The Bertz CT molecular complexity index is 746. The van der Waals surface area contributed by atoms with Crippen molar-refractivity contribution in [2.24, 2.45) is 0 Å². The molecule has 2 heterocycles. The van der Waals surface area contributed by atoms with Crippen LogP contribution in [0.2, 0.25) is 0 Å². The number of carbonyl (C=O) groups excluding carboxylic acids is 1. The van der Waals surface area contributed by atoms with Gasteiger partial charge in [0.05, 0.1) is 5.25 Å². The summed E-state index contributed by atoms with van der Waals surface area (Å²) in [6.07, 6.45) is 10.5. The number of nitrogens with one attached hydrogen (secondary N) is 1. The molecule has 5 nitrogen and oxygen atoms in total. The van der Waals surface area contributed by atoms with Gasteiger partial charge in [0.25, 0.3) is 0 Å². The molecule has 2 aromatic heterocycles. The quantitative estimate of drug-likeness (QED) is 0.542. The highest BCUT2D eigenvalue weighted by Gasteiger charge is 2.31. The molecule has 146 valence electrons. The van der Waals surface area contributed by atoms with Gasteiger partial charge in [-0.3, -0.25) is 4.79 Å². The molecular formula is C20H28N4OS2. The molecule has 4 rings (SSSR count). The smallest absolute Gasteiger partial charge is 0.233 e. The fraction of sp³-hybridized carbons (Fsp3) is 0.650. The van der Waals surface area contributed by atoms with Crippen molar-refractivity contribution in [3.63, 3.8) is 0 Å². The van der Waals surface area contributed by atoms with Crippen LogP contribution in [0.5, 0.6) is 0 Å². The predicted molar refractivity (Wildman–Crippen MR) is 110 cm³/mol. The number of nitrogens with zero attached hydrogens (tertiary/aromatic N) is 3. The maximum Gasteiger partial charge on any atom is 0.233 e. The van der Waals surface area contributed by atoms with Crippen LogP contribution < -0.4 is 5.32 Å². The number of thiophene rings is 1. The number of thioether (sulfide) groups is 1. The Morgan fingerprint density at radius 2 is 2.04 bits per heavy atom. The molecule has 7 heteroatoms. The monoisotopic (exact) mass is 404 g/mol. The summed E-state index contributed by atoms with van der Waals surface area (Å²) in [5.41, 5.74) is 0. The van der Waals surface area contributed by atoms with Gasteiger partial charge >= 0.3 is 0 Å². The van der Waals surface area contributed by atoms with Crippen molar-refractivity contribution in [3.8, 4) is 0 Å². The molecule has 1 atom stereocenters. The third-order valence-corrected chi connectivity index (χ3v) is 7.35. The molecule has 2 fully saturated rings. The van der Waals surface area contributed by atoms with Crippen molar-refractivity contribution >= 4 is 29.0 Å². The summed E-state index contributed by atoms with van der Waals surface area (Å²) in [5, 5.41) is 15.0. The molecule has 1 N–H and O–H groups in total. The van der Waals surface area contributed by atoms with Crippen molar-refractivity contribution in [2.45, 2.75) is 87.2 Å². The molecule has 2 aliphatic rings. The van der Waals surface area contributed by atoms with Crippen molar-refractivity contribution in [2.75, 3.05) is 0 Å². The van der Waals surface area contributed by atoms with E-state index in [1.165, 1.54) is 43.4 Å². The summed E-state index contributed by atoms with van der Waals surface area (Å²) in [6, 6.07) is 5.08. The summed E-state index contributed by atoms with van der Waals surface area (Å²) in [4.78, 5) is 14.0. The van der Waals surface area contributed by atoms with Crippen LogP contribution in [-0.2, 0) is 11.2 Å². The van der Waals surface area contributed by atoms with E-state index in [0.29, 0.717) is 12.1 Å². The zero-order valence-electron chi connectivity index (χ0n) is 15.9. The number of amides is 1. The zero-order valence-corrected chi connectivity index (χ0v) is 17.5. The Morgan fingerprint density at radius 1 is 1.26 bits per heavy atom. The second kappa shape index (κ2) is 8.78. The van der Waals surface area contributed by atoms with Crippen molar-refractivity contribution < 1.29 is 4.79 Å². The van der Waals surface area contributed by atoms with Gasteiger partial charge in [0.15, 0.2) is 5.16 Å². The van der Waals surface area contributed by atoms with Crippen molar-refractivity contribution in [3.05, 3.63) is 28.2 Å². The Hall–Kier alpha value is -1.34. The Balaban J connectivity index is 1.40. The number of aromatic nitrogens is 3. The van der Waals surface area contributed by atoms with Crippen LogP contribution in [0.4, 0.5) is 0 Å². The summed E-state index contributed by atoms with van der Waals surface area (Å²) in [5.74, 6) is 1.16. The van der Waals surface area contributed by atoms with Crippen LogP contribution in [0.15, 0.2) is 22.7 Å². The van der Waals surface area contributed by atoms with Gasteiger partial charge in [-0.25, -0.2) is 0 Å². The predicted octanol–water partition coefficient (Wildman–Crippen LogP) is 4.58. The lowest BCUT2D eigenvalue weighted by molar-refractivity contribution is -0.121. The van der Waals surface area contributed by atoms with E-state index in [1.807, 2.05) is 6.92 Å². The normalized spacial score (nSPS) is 19.6. The van der Waals surface area contributed by atoms with E-state index in [0.717, 1.165) is 30.2 Å². The lowest BCUT2D eigenvalue weighted by atomic mass is 10.1. The SMILES string of the molecule is C[C@@H](Sc1nnc(Cc2cccs2)n1C1CC1)C(=O)NC1CCCCCC1. The van der Waals surface area contributed by atoms with Crippen LogP contribution in [0, 0.1) is 0 Å². The van der Waals surface area contributed by atoms with Gasteiger partial charge in [-0.1, -0.05) is 43.5 Å². The largest absolute Gasteiger partial charge is 0.352 e. The molecular weight excluding hydrogens is 376 g/mol. The molecule has 27 heavy (non-hydrogen) atoms. The van der Waals surface area contributed by atoms with E-state index in [4.69, 9.17) is 0 Å². The maximum absolute atomic E-state index is 12.7. The van der Waals surface area contributed by atoms with E-state index in [1.54, 1.807) is 23.1 Å². The van der Waals surface area contributed by atoms with Gasteiger partial charge in [0.2, 0.25) is 5.91 Å². The molecule has 0 unspecified atom stereocenters. The molecule has 0 radical (unpaired) electrons. The Labute approximate surface area is 169 Å². The molecule has 2 aliphatic carbocycles. The summed E-state index contributed by atoms with van der Waals surface area (Å²) in [6.45, 7) is 1.99. The fourth-order valence-corrected chi connectivity index (χ4v) is 5.38. The van der Waals surface area contributed by atoms with Crippen LogP contribution >= 0.6 is 23.1 Å². The minimum Gasteiger partial charge on any atom is -0.352 e. The van der Waals surface area contributed by atoms with Crippen molar-refractivity contribution in [1.29, 1.82) is 0 Å². The number of carbonyl (C=O) groups is 1. The van der Waals surface area contributed by atoms with Crippen LogP contribution in [0.25, 0.3) is 0 Å². The average molecular weight is 405 g/mol. The molecule has 0 aromatic carbocycles. The first-order valence-electron chi connectivity index (χ1n) is 10.1. The zero-order chi connectivity index (χ0) is 18.6. The third-order valence-electron chi connectivity index (χ3n) is 5.41. The molecule has 0 saturated heterocycles. The fourth-order valence-electron chi connectivity index (χ4n) is 3.73. The van der Waals surface area contributed by atoms with Gasteiger partial charge in [-0.15, -0.1) is 21.5 Å². The van der Waals surface area contributed by atoms with Gasteiger partial charge < -0.3 is 9.88 Å². The minimum atomic E-state index is -0.149. The molecule has 0 spiro atoms. The second-order valence-electron chi connectivity index (χ2n) is 7.71. The lowest BCUT2D eigenvalue weighted by Crippen LogP contribution is -2.39. The number of rotatable bonds is 7. The van der Waals surface area contributed by atoms with E-state index in [2.05, 4.69) is 37.6 Å². The first-order chi connectivity index (χ1) is 13.2. The third kappa shape index (κ3) is 4.93. The van der Waals surface area contributed by atoms with E-state index in [-0.39, 0.29) is 11.2 Å². The number of hydrogen-bond donors (Lipinski definition) is 1. The first kappa shape index (κ1) is 19.0. The molecule has 0 bridgehead atoms. The van der Waals surface area contributed by atoms with Crippen molar-refractivity contribution in [1.82, 2.24) is 20.1 Å². The lowest BCUT2D eigenvalue weighted by Gasteiger charge is -2.19. The standard InChI is InChI=1S/C20H28N4OS2/c1-14(19(25)21-15-7-4-2-3-5-8-15)27-20-23-22-18(24(20)16-10-11-16)13-17-9-6-12-26-17/h6,9,12,14-16H,2-5,7-8,10-11,13H2,1H3,(H,21,25)/t14-/m1/s1. The van der Waals surface area contributed by atoms with Gasteiger partial charge in [0, 0.05) is 23.4 Å². The van der Waals surface area contributed by atoms with Crippen LogP contribution in [-0.4, -0.2) is 32.0 Å². The maximum atomic E-state index is 12.7. The van der Waals surface area contributed by atoms with E-state index < -0.39 is 0 Å². The summed E-state index contributed by atoms with van der Waals surface area (Å²) < 4.78 is 2.28. The highest BCUT2D eigenvalue weighted by atomic mass is 32.2. The van der Waals surface area contributed by atoms with Crippen LogP contribution in [0.3, 0.4) is 0 Å². The van der Waals surface area contributed by atoms with E-state index in [9.17, 15) is 4.79 Å². The minimum absolute atomic E-state index is 0.136. The number of hydrogen-bond acceptors (Lipinski definition) is 5.